The molecule has 1 aliphatic rings. The minimum atomic E-state index is 0.264. The topological polar surface area (TPSA) is 35.2 Å². The van der Waals surface area contributed by atoms with Crippen molar-refractivity contribution in [3.05, 3.63) is 0 Å². The molecule has 0 spiro atoms. The first kappa shape index (κ1) is 8.02. The van der Waals surface area contributed by atoms with Gasteiger partial charge in [-0.15, -0.1) is 0 Å². The minimum Gasteiger partial charge on any atom is -0.377 e. The van der Waals surface area contributed by atoms with E-state index >= 15 is 0 Å². The van der Waals surface area contributed by atoms with E-state index in [-0.39, 0.29) is 6.04 Å². The van der Waals surface area contributed by atoms with E-state index in [2.05, 4.69) is 6.92 Å². The molecule has 10 heavy (non-hydrogen) atoms. The smallest absolute Gasteiger partial charge is 0.0725 e. The van der Waals surface area contributed by atoms with Crippen molar-refractivity contribution in [2.75, 3.05) is 6.61 Å². The van der Waals surface area contributed by atoms with Gasteiger partial charge in [0.1, 0.15) is 0 Å². The van der Waals surface area contributed by atoms with Crippen LogP contribution in [-0.4, -0.2) is 18.8 Å². The highest BCUT2D eigenvalue weighted by Gasteiger charge is 2.19. The molecule has 0 aromatic carbocycles. The third-order valence-electron chi connectivity index (χ3n) is 2.16. The van der Waals surface area contributed by atoms with Gasteiger partial charge in [-0.05, 0) is 25.7 Å². The van der Waals surface area contributed by atoms with Crippen molar-refractivity contribution in [3.8, 4) is 0 Å². The summed E-state index contributed by atoms with van der Waals surface area (Å²) in [5.74, 6) is 0. The normalized spacial score (nSPS) is 30.0. The zero-order chi connectivity index (χ0) is 7.40. The van der Waals surface area contributed by atoms with Gasteiger partial charge in [-0.1, -0.05) is 6.92 Å². The molecular formula is C8H17NO. The van der Waals surface area contributed by atoms with Crippen LogP contribution in [0.15, 0.2) is 0 Å². The van der Waals surface area contributed by atoms with Gasteiger partial charge in [0.25, 0.3) is 0 Å². The SMILES string of the molecule is CC[C@@H](N)[C@@H]1CCCCO1. The first-order valence-electron chi connectivity index (χ1n) is 4.21. The Hall–Kier alpha value is -0.0800. The van der Waals surface area contributed by atoms with Crippen molar-refractivity contribution in [3.63, 3.8) is 0 Å². The van der Waals surface area contributed by atoms with Gasteiger partial charge in [-0.2, -0.15) is 0 Å². The second kappa shape index (κ2) is 3.94. The van der Waals surface area contributed by atoms with E-state index in [0.717, 1.165) is 19.4 Å². The van der Waals surface area contributed by atoms with E-state index in [1.807, 2.05) is 0 Å². The van der Waals surface area contributed by atoms with Crippen LogP contribution >= 0.6 is 0 Å². The molecule has 2 atom stereocenters. The number of hydrogen-bond donors (Lipinski definition) is 1. The molecule has 1 fully saturated rings. The Morgan fingerprint density at radius 1 is 1.60 bits per heavy atom. The van der Waals surface area contributed by atoms with Gasteiger partial charge in [0.05, 0.1) is 6.10 Å². The first-order valence-corrected chi connectivity index (χ1v) is 4.21. The van der Waals surface area contributed by atoms with E-state index in [4.69, 9.17) is 10.5 Å². The van der Waals surface area contributed by atoms with Gasteiger partial charge in [-0.3, -0.25) is 0 Å². The number of rotatable bonds is 2. The van der Waals surface area contributed by atoms with Crippen molar-refractivity contribution < 1.29 is 4.74 Å². The van der Waals surface area contributed by atoms with Gasteiger partial charge in [0, 0.05) is 12.6 Å². The molecule has 0 bridgehead atoms. The lowest BCUT2D eigenvalue weighted by Gasteiger charge is -2.26. The third-order valence-corrected chi connectivity index (χ3v) is 2.16. The number of hydrogen-bond acceptors (Lipinski definition) is 2. The van der Waals surface area contributed by atoms with Crippen LogP contribution < -0.4 is 5.73 Å². The van der Waals surface area contributed by atoms with Crippen molar-refractivity contribution in [2.24, 2.45) is 5.73 Å². The lowest BCUT2D eigenvalue weighted by atomic mass is 10.0. The highest BCUT2D eigenvalue weighted by Crippen LogP contribution is 2.15. The monoisotopic (exact) mass is 143 g/mol. The maximum Gasteiger partial charge on any atom is 0.0725 e. The molecule has 1 aliphatic heterocycles. The van der Waals surface area contributed by atoms with E-state index in [1.165, 1.54) is 12.8 Å². The van der Waals surface area contributed by atoms with Crippen LogP contribution in [-0.2, 0) is 4.74 Å². The average Bonchev–Trinajstić information content (AvgIpc) is 2.05. The second-order valence-electron chi connectivity index (χ2n) is 2.98. The Kier molecular flexibility index (Phi) is 3.16. The maximum atomic E-state index is 5.82. The summed E-state index contributed by atoms with van der Waals surface area (Å²) in [6.45, 7) is 3.03. The Morgan fingerprint density at radius 2 is 2.40 bits per heavy atom. The molecule has 0 saturated carbocycles. The van der Waals surface area contributed by atoms with Gasteiger partial charge in [0.2, 0.25) is 0 Å². The van der Waals surface area contributed by atoms with Crippen LogP contribution in [0.3, 0.4) is 0 Å². The van der Waals surface area contributed by atoms with Crippen LogP contribution in [0.25, 0.3) is 0 Å². The van der Waals surface area contributed by atoms with E-state index in [0.29, 0.717) is 6.10 Å². The summed E-state index contributed by atoms with van der Waals surface area (Å²) in [5, 5.41) is 0. The zero-order valence-electron chi connectivity index (χ0n) is 6.68. The quantitative estimate of drug-likeness (QED) is 0.632. The van der Waals surface area contributed by atoms with Crippen LogP contribution in [0.4, 0.5) is 0 Å². The molecule has 0 amide bonds. The van der Waals surface area contributed by atoms with Crippen LogP contribution in [0.5, 0.6) is 0 Å². The zero-order valence-corrected chi connectivity index (χ0v) is 6.68. The minimum absolute atomic E-state index is 0.264. The fourth-order valence-corrected chi connectivity index (χ4v) is 1.37. The Morgan fingerprint density at radius 3 is 2.90 bits per heavy atom. The Bertz CT molecular complexity index is 89.3. The van der Waals surface area contributed by atoms with Crippen LogP contribution in [0, 0.1) is 0 Å². The Balaban J connectivity index is 2.24. The Labute approximate surface area is 62.7 Å². The predicted molar refractivity (Wildman–Crippen MR) is 41.9 cm³/mol. The summed E-state index contributed by atoms with van der Waals surface area (Å²) < 4.78 is 5.51. The molecule has 2 nitrogen and oxygen atoms in total. The van der Waals surface area contributed by atoms with Gasteiger partial charge >= 0.3 is 0 Å². The molecule has 2 N–H and O–H groups in total. The highest BCUT2D eigenvalue weighted by molar-refractivity contribution is 4.74. The summed E-state index contributed by atoms with van der Waals surface area (Å²) in [5.41, 5.74) is 5.82. The maximum absolute atomic E-state index is 5.82. The van der Waals surface area contributed by atoms with Gasteiger partial charge in [-0.25, -0.2) is 0 Å². The molecule has 1 saturated heterocycles. The first-order chi connectivity index (χ1) is 4.84. The highest BCUT2D eigenvalue weighted by atomic mass is 16.5. The lowest BCUT2D eigenvalue weighted by molar-refractivity contribution is -0.0000974. The average molecular weight is 143 g/mol. The summed E-state index contributed by atoms with van der Waals surface area (Å²) in [6, 6.07) is 0.264. The largest absolute Gasteiger partial charge is 0.377 e. The molecule has 0 aliphatic carbocycles. The standard InChI is InChI=1S/C8H17NO/c1-2-7(9)8-5-3-4-6-10-8/h7-8H,2-6,9H2,1H3/t7-,8+/m1/s1. The molecule has 1 heterocycles. The molecule has 1 rings (SSSR count). The summed E-state index contributed by atoms with van der Waals surface area (Å²) >= 11 is 0. The lowest BCUT2D eigenvalue weighted by Crippen LogP contribution is -2.38. The summed E-state index contributed by atoms with van der Waals surface area (Å²) in [7, 11) is 0. The fourth-order valence-electron chi connectivity index (χ4n) is 1.37. The molecule has 2 heteroatoms. The predicted octanol–water partition coefficient (Wildman–Crippen LogP) is 1.29. The summed E-state index contributed by atoms with van der Waals surface area (Å²) in [6.07, 6.45) is 5.05. The van der Waals surface area contributed by atoms with E-state index < -0.39 is 0 Å². The molecule has 0 aromatic heterocycles. The van der Waals surface area contributed by atoms with Gasteiger partial charge in [0.15, 0.2) is 0 Å². The molecular weight excluding hydrogens is 126 g/mol. The van der Waals surface area contributed by atoms with Crippen LogP contribution in [0.1, 0.15) is 32.6 Å². The van der Waals surface area contributed by atoms with Crippen molar-refractivity contribution >= 4 is 0 Å². The van der Waals surface area contributed by atoms with E-state index in [9.17, 15) is 0 Å². The van der Waals surface area contributed by atoms with E-state index in [1.54, 1.807) is 0 Å². The van der Waals surface area contributed by atoms with Gasteiger partial charge < -0.3 is 10.5 Å². The van der Waals surface area contributed by atoms with Crippen LogP contribution in [0.2, 0.25) is 0 Å². The fraction of sp³-hybridized carbons (Fsp3) is 1.00. The number of ether oxygens (including phenoxy) is 1. The summed E-state index contributed by atoms with van der Waals surface area (Å²) in [4.78, 5) is 0. The number of nitrogens with two attached hydrogens (primary N) is 1. The molecule has 0 unspecified atom stereocenters. The van der Waals surface area contributed by atoms with Crippen molar-refractivity contribution in [2.45, 2.75) is 44.8 Å². The van der Waals surface area contributed by atoms with Crippen molar-refractivity contribution in [1.82, 2.24) is 0 Å². The molecule has 0 radical (unpaired) electrons. The molecule has 0 aromatic rings. The molecule has 60 valence electrons. The van der Waals surface area contributed by atoms with Crippen molar-refractivity contribution in [1.29, 1.82) is 0 Å². The second-order valence-corrected chi connectivity index (χ2v) is 2.98. The third kappa shape index (κ3) is 1.96.